The number of hydrogen-bond acceptors (Lipinski definition) is 4. The minimum absolute atomic E-state index is 0.0180. The van der Waals surface area contributed by atoms with E-state index in [0.29, 0.717) is 38.5 Å². The third-order valence-electron chi connectivity index (χ3n) is 5.96. The number of nitrogens with zero attached hydrogens (tertiary/aromatic N) is 4. The number of fused-ring (bicyclic) bond motifs is 1. The molecule has 0 spiro atoms. The van der Waals surface area contributed by atoms with E-state index in [0.717, 1.165) is 16.6 Å². The smallest absolute Gasteiger partial charge is 0.229 e. The van der Waals surface area contributed by atoms with Crippen molar-refractivity contribution in [3.63, 3.8) is 0 Å². The molecule has 1 N–H and O–H groups in total. The number of para-hydroxylation sites is 1. The highest BCUT2D eigenvalue weighted by molar-refractivity contribution is 6.05. The number of amides is 2. The summed E-state index contributed by atoms with van der Waals surface area (Å²) >= 11 is 0. The lowest BCUT2D eigenvalue weighted by molar-refractivity contribution is -0.136. The van der Waals surface area contributed by atoms with Crippen molar-refractivity contribution in [1.82, 2.24) is 15.1 Å². The molecule has 2 aromatic carbocycles. The number of H-pyrrole nitrogens is 1. The van der Waals surface area contributed by atoms with Gasteiger partial charge < -0.3 is 9.80 Å². The van der Waals surface area contributed by atoms with Crippen LogP contribution in [0.1, 0.15) is 6.42 Å². The van der Waals surface area contributed by atoms with Gasteiger partial charge in [-0.1, -0.05) is 12.1 Å². The molecule has 5 rings (SSSR count). The highest BCUT2D eigenvalue weighted by Crippen LogP contribution is 2.30. The average molecular weight is 407 g/mol. The fourth-order valence-electron chi connectivity index (χ4n) is 4.33. The fraction of sp³-hybridized carbons (Fsp3) is 0.318. The molecule has 2 aliphatic rings. The number of halogens is 1. The molecule has 0 radical (unpaired) electrons. The fourth-order valence-corrected chi connectivity index (χ4v) is 4.33. The number of nitrogens with one attached hydrogen (secondary N) is 1. The van der Waals surface area contributed by atoms with Crippen LogP contribution >= 0.6 is 0 Å². The van der Waals surface area contributed by atoms with Gasteiger partial charge in [-0.2, -0.15) is 5.10 Å². The number of carbonyl (C=O) groups excluding carboxylic acids is 2. The Kier molecular flexibility index (Phi) is 4.61. The number of rotatable bonds is 3. The van der Waals surface area contributed by atoms with Gasteiger partial charge in [0.25, 0.3) is 0 Å². The molecule has 3 heterocycles. The molecule has 0 aliphatic carbocycles. The van der Waals surface area contributed by atoms with Crippen LogP contribution in [0.4, 0.5) is 15.9 Å². The van der Waals surface area contributed by atoms with E-state index in [9.17, 15) is 14.0 Å². The van der Waals surface area contributed by atoms with E-state index in [1.165, 1.54) is 12.1 Å². The number of piperazine rings is 1. The van der Waals surface area contributed by atoms with Crippen molar-refractivity contribution >= 4 is 34.2 Å². The first-order valence-corrected chi connectivity index (χ1v) is 10.1. The van der Waals surface area contributed by atoms with Gasteiger partial charge in [-0.05, 0) is 36.4 Å². The molecule has 30 heavy (non-hydrogen) atoms. The van der Waals surface area contributed by atoms with Crippen molar-refractivity contribution in [2.75, 3.05) is 42.5 Å². The standard InChI is InChI=1S/C22H22FN5O2/c23-16-5-7-17(8-6-16)26-9-11-27(12-10-26)22(30)15-13-20(29)28(14-15)21-18-3-1-2-4-19(18)24-25-21/h1-8,15H,9-14H2,(H,24,25)/t15-/m0/s1. The number of anilines is 2. The molecule has 2 amide bonds. The van der Waals surface area contributed by atoms with Crippen LogP contribution in [-0.2, 0) is 9.59 Å². The van der Waals surface area contributed by atoms with Crippen molar-refractivity contribution in [1.29, 1.82) is 0 Å². The largest absolute Gasteiger partial charge is 0.368 e. The third-order valence-corrected chi connectivity index (χ3v) is 5.96. The Morgan fingerprint density at radius 2 is 1.77 bits per heavy atom. The van der Waals surface area contributed by atoms with Gasteiger partial charge in [-0.15, -0.1) is 0 Å². The number of benzene rings is 2. The van der Waals surface area contributed by atoms with Crippen LogP contribution < -0.4 is 9.80 Å². The van der Waals surface area contributed by atoms with Crippen molar-refractivity contribution in [3.05, 3.63) is 54.3 Å². The molecule has 1 aromatic heterocycles. The van der Waals surface area contributed by atoms with E-state index < -0.39 is 0 Å². The van der Waals surface area contributed by atoms with Crippen LogP contribution in [0.2, 0.25) is 0 Å². The summed E-state index contributed by atoms with van der Waals surface area (Å²) in [5, 5.41) is 8.14. The summed E-state index contributed by atoms with van der Waals surface area (Å²) in [4.78, 5) is 31.3. The molecule has 0 bridgehead atoms. The van der Waals surface area contributed by atoms with Gasteiger partial charge in [0.2, 0.25) is 11.8 Å². The summed E-state index contributed by atoms with van der Waals surface area (Å²) < 4.78 is 13.1. The van der Waals surface area contributed by atoms with Crippen molar-refractivity contribution in [3.8, 4) is 0 Å². The maximum atomic E-state index is 13.1. The highest BCUT2D eigenvalue weighted by Gasteiger charge is 2.39. The van der Waals surface area contributed by atoms with Gasteiger partial charge in [-0.3, -0.25) is 19.6 Å². The van der Waals surface area contributed by atoms with Crippen LogP contribution in [0.15, 0.2) is 48.5 Å². The Labute approximate surface area is 173 Å². The van der Waals surface area contributed by atoms with Crippen LogP contribution in [0, 0.1) is 11.7 Å². The molecule has 2 saturated heterocycles. The number of aromatic nitrogens is 2. The van der Waals surface area contributed by atoms with Crippen molar-refractivity contribution in [2.45, 2.75) is 6.42 Å². The zero-order chi connectivity index (χ0) is 20.7. The lowest BCUT2D eigenvalue weighted by atomic mass is 10.1. The second-order valence-electron chi connectivity index (χ2n) is 7.79. The van der Waals surface area contributed by atoms with Gasteiger partial charge in [0, 0.05) is 50.2 Å². The first-order chi connectivity index (χ1) is 14.6. The van der Waals surface area contributed by atoms with Gasteiger partial charge >= 0.3 is 0 Å². The molecule has 8 heteroatoms. The Hall–Kier alpha value is -3.42. The minimum atomic E-state index is -0.356. The second kappa shape index (κ2) is 7.44. The Morgan fingerprint density at radius 1 is 1.03 bits per heavy atom. The number of hydrogen-bond donors (Lipinski definition) is 1. The SMILES string of the molecule is O=C([C@H]1CC(=O)N(c2n[nH]c3ccccc23)C1)N1CCN(c2ccc(F)cc2)CC1. The van der Waals surface area contributed by atoms with Gasteiger partial charge in [-0.25, -0.2) is 4.39 Å². The summed E-state index contributed by atoms with van der Waals surface area (Å²) in [5.74, 6) is -0.0786. The molecule has 0 saturated carbocycles. The van der Waals surface area contributed by atoms with E-state index in [-0.39, 0.29) is 30.0 Å². The number of carbonyl (C=O) groups is 2. The van der Waals surface area contributed by atoms with E-state index in [2.05, 4.69) is 15.1 Å². The first-order valence-electron chi connectivity index (χ1n) is 10.1. The van der Waals surface area contributed by atoms with E-state index >= 15 is 0 Å². The topological polar surface area (TPSA) is 72.5 Å². The third kappa shape index (κ3) is 3.28. The van der Waals surface area contributed by atoms with Gasteiger partial charge in [0.05, 0.1) is 11.4 Å². The van der Waals surface area contributed by atoms with E-state index in [1.54, 1.807) is 17.0 Å². The summed E-state index contributed by atoms with van der Waals surface area (Å²) in [7, 11) is 0. The molecule has 7 nitrogen and oxygen atoms in total. The van der Waals surface area contributed by atoms with Crippen LogP contribution in [-0.4, -0.2) is 59.6 Å². The molecular formula is C22H22FN5O2. The first kappa shape index (κ1) is 18.6. The summed E-state index contributed by atoms with van der Waals surface area (Å²) in [5.41, 5.74) is 1.82. The molecule has 1 atom stereocenters. The molecule has 2 fully saturated rings. The van der Waals surface area contributed by atoms with Crippen LogP contribution in [0.3, 0.4) is 0 Å². The Morgan fingerprint density at radius 3 is 2.53 bits per heavy atom. The minimum Gasteiger partial charge on any atom is -0.368 e. The predicted octanol–water partition coefficient (Wildman–Crippen LogP) is 2.40. The van der Waals surface area contributed by atoms with Crippen LogP contribution in [0.5, 0.6) is 0 Å². The summed E-state index contributed by atoms with van der Waals surface area (Å²) in [6.07, 6.45) is 0.207. The van der Waals surface area contributed by atoms with Gasteiger partial charge in [0.15, 0.2) is 5.82 Å². The number of aromatic amines is 1. The van der Waals surface area contributed by atoms with E-state index in [4.69, 9.17) is 0 Å². The zero-order valence-corrected chi connectivity index (χ0v) is 16.4. The second-order valence-corrected chi connectivity index (χ2v) is 7.79. The Bertz CT molecular complexity index is 1090. The predicted molar refractivity (Wildman–Crippen MR) is 112 cm³/mol. The van der Waals surface area contributed by atoms with Gasteiger partial charge in [0.1, 0.15) is 5.82 Å². The average Bonchev–Trinajstić information content (AvgIpc) is 3.37. The summed E-state index contributed by atoms with van der Waals surface area (Å²) in [6.45, 7) is 2.90. The van der Waals surface area contributed by atoms with Crippen molar-refractivity contribution < 1.29 is 14.0 Å². The normalized spacial score (nSPS) is 19.7. The maximum Gasteiger partial charge on any atom is 0.229 e. The van der Waals surface area contributed by atoms with Crippen molar-refractivity contribution in [2.24, 2.45) is 5.92 Å². The monoisotopic (exact) mass is 407 g/mol. The Balaban J connectivity index is 1.24. The van der Waals surface area contributed by atoms with Crippen LogP contribution in [0.25, 0.3) is 10.9 Å². The maximum absolute atomic E-state index is 13.1. The molecule has 0 unspecified atom stereocenters. The lowest BCUT2D eigenvalue weighted by Gasteiger charge is -2.37. The quantitative estimate of drug-likeness (QED) is 0.724. The molecule has 154 valence electrons. The molecule has 3 aromatic rings. The molecular weight excluding hydrogens is 385 g/mol. The molecule has 2 aliphatic heterocycles. The lowest BCUT2D eigenvalue weighted by Crippen LogP contribution is -2.50. The zero-order valence-electron chi connectivity index (χ0n) is 16.4. The van der Waals surface area contributed by atoms with E-state index in [1.807, 2.05) is 29.2 Å². The highest BCUT2D eigenvalue weighted by atomic mass is 19.1. The summed E-state index contributed by atoms with van der Waals surface area (Å²) in [6, 6.07) is 14.1.